The van der Waals surface area contributed by atoms with Crippen LogP contribution < -0.4 is 10.6 Å². The Kier molecular flexibility index (Phi) is 16.5. The minimum absolute atomic E-state index is 0.0198. The van der Waals surface area contributed by atoms with Crippen LogP contribution in [0.4, 0.5) is 4.79 Å². The van der Waals surface area contributed by atoms with E-state index in [0.29, 0.717) is 17.5 Å². The molecule has 3 N–H and O–H groups in total. The summed E-state index contributed by atoms with van der Waals surface area (Å²) in [5.74, 6) is -1.29. The number of phenols is 1. The molecule has 0 bridgehead atoms. The number of nitrogens with one attached hydrogen (secondary N) is 2. The lowest BCUT2D eigenvalue weighted by molar-refractivity contribution is -0.144. The number of hydrogen-bond donors (Lipinski definition) is 3. The van der Waals surface area contributed by atoms with Crippen molar-refractivity contribution in [3.05, 3.63) is 71.8 Å². The summed E-state index contributed by atoms with van der Waals surface area (Å²) < 4.78 is 10.5. The second-order valence-corrected chi connectivity index (χ2v) is 12.5. The van der Waals surface area contributed by atoms with Gasteiger partial charge in [-0.3, -0.25) is 14.4 Å². The van der Waals surface area contributed by atoms with Gasteiger partial charge in [-0.15, -0.1) is 0 Å². The van der Waals surface area contributed by atoms with Crippen molar-refractivity contribution in [3.63, 3.8) is 0 Å². The number of esters is 1. The molecule has 2 unspecified atom stereocenters. The molecule has 47 heavy (non-hydrogen) atoms. The molecule has 10 nitrogen and oxygen atoms in total. The number of nitrogens with zero attached hydrogens (tertiary/aromatic N) is 1. The Bertz CT molecular complexity index is 1300. The minimum atomic E-state index is -1.09. The number of carbonyl (C=O) groups is 4. The average molecular weight is 652 g/mol. The number of unbranched alkanes of at least 4 members (excludes halogenated alkanes) is 5. The molecule has 0 aliphatic heterocycles. The van der Waals surface area contributed by atoms with Crippen LogP contribution in [-0.4, -0.2) is 65.2 Å². The van der Waals surface area contributed by atoms with Gasteiger partial charge in [0.05, 0.1) is 13.0 Å². The van der Waals surface area contributed by atoms with E-state index in [9.17, 15) is 24.3 Å². The summed E-state index contributed by atoms with van der Waals surface area (Å²) in [5.41, 5.74) is 1.23. The highest BCUT2D eigenvalue weighted by atomic mass is 16.6. The van der Waals surface area contributed by atoms with Crippen LogP contribution >= 0.6 is 0 Å². The van der Waals surface area contributed by atoms with Gasteiger partial charge in [0.25, 0.3) is 0 Å². The average Bonchev–Trinajstić information content (AvgIpc) is 3.01. The fourth-order valence-corrected chi connectivity index (χ4v) is 5.09. The van der Waals surface area contributed by atoms with E-state index in [1.165, 1.54) is 17.0 Å². The molecule has 0 fully saturated rings. The zero-order chi connectivity index (χ0) is 34.8. The highest BCUT2D eigenvalue weighted by Crippen LogP contribution is 2.26. The number of ether oxygens (including phenoxy) is 2. The maximum Gasteiger partial charge on any atom is 0.408 e. The van der Waals surface area contributed by atoms with Gasteiger partial charge in [0, 0.05) is 19.5 Å². The van der Waals surface area contributed by atoms with Crippen molar-refractivity contribution in [1.82, 2.24) is 15.5 Å². The fourth-order valence-electron chi connectivity index (χ4n) is 5.09. The molecule has 2 rings (SSSR count). The van der Waals surface area contributed by atoms with E-state index < -0.39 is 41.6 Å². The largest absolute Gasteiger partial charge is 0.508 e. The maximum absolute atomic E-state index is 14.7. The molecule has 3 amide bonds. The van der Waals surface area contributed by atoms with Gasteiger partial charge in [-0.2, -0.15) is 0 Å². The summed E-state index contributed by atoms with van der Waals surface area (Å²) in [7, 11) is 0. The van der Waals surface area contributed by atoms with Crippen LogP contribution in [0.2, 0.25) is 0 Å². The molecule has 0 spiro atoms. The predicted molar refractivity (Wildman–Crippen MR) is 184 cm³/mol. The van der Waals surface area contributed by atoms with Crippen molar-refractivity contribution in [2.75, 3.05) is 19.7 Å². The summed E-state index contributed by atoms with van der Waals surface area (Å²) in [6.07, 6.45) is 6.76. The quantitative estimate of drug-likeness (QED) is 0.117. The number of carbonyl (C=O) groups excluding carboxylic acids is 4. The normalized spacial score (nSPS) is 12.4. The van der Waals surface area contributed by atoms with Crippen LogP contribution in [0.5, 0.6) is 5.75 Å². The number of aromatic hydroxyl groups is 1. The molecular weight excluding hydrogens is 598 g/mol. The number of alkyl carbamates (subject to hydrolysis) is 1. The number of benzene rings is 2. The first-order valence-electron chi connectivity index (χ1n) is 16.6. The fraction of sp³-hybridized carbons (Fsp3) is 0.514. The zero-order valence-corrected chi connectivity index (χ0v) is 28.7. The van der Waals surface area contributed by atoms with Crippen molar-refractivity contribution in [2.24, 2.45) is 0 Å². The van der Waals surface area contributed by atoms with Crippen LogP contribution in [0.1, 0.15) is 102 Å². The molecule has 10 heteroatoms. The van der Waals surface area contributed by atoms with Crippen molar-refractivity contribution >= 4 is 30.0 Å². The first kappa shape index (κ1) is 38.8. The van der Waals surface area contributed by atoms with Gasteiger partial charge >= 0.3 is 12.1 Å². The molecule has 0 heterocycles. The number of hydrogen-bond acceptors (Lipinski definition) is 7. The summed E-state index contributed by atoms with van der Waals surface area (Å²) in [6.45, 7) is 13.4. The molecule has 0 saturated heterocycles. The smallest absolute Gasteiger partial charge is 0.408 e. The lowest BCUT2D eigenvalue weighted by Crippen LogP contribution is -2.54. The Labute approximate surface area is 279 Å². The van der Waals surface area contributed by atoms with Crippen molar-refractivity contribution in [2.45, 2.75) is 104 Å². The Morgan fingerprint density at radius 1 is 0.979 bits per heavy atom. The lowest BCUT2D eigenvalue weighted by atomic mass is 9.98. The Morgan fingerprint density at radius 2 is 1.66 bits per heavy atom. The minimum Gasteiger partial charge on any atom is -0.508 e. The Hall–Kier alpha value is -4.34. The summed E-state index contributed by atoms with van der Waals surface area (Å²) >= 11 is 0. The van der Waals surface area contributed by atoms with Crippen molar-refractivity contribution in [3.8, 4) is 5.75 Å². The van der Waals surface area contributed by atoms with E-state index in [2.05, 4.69) is 24.1 Å². The molecule has 0 aromatic heterocycles. The summed E-state index contributed by atoms with van der Waals surface area (Å²) in [4.78, 5) is 55.2. The highest BCUT2D eigenvalue weighted by molar-refractivity contribution is 5.92. The van der Waals surface area contributed by atoms with E-state index in [-0.39, 0.29) is 38.3 Å². The Morgan fingerprint density at radius 3 is 2.30 bits per heavy atom. The van der Waals surface area contributed by atoms with Crippen LogP contribution in [0.3, 0.4) is 0 Å². The summed E-state index contributed by atoms with van der Waals surface area (Å²) in [5, 5.41) is 15.4. The Balaban J connectivity index is 2.55. The van der Waals surface area contributed by atoms with Gasteiger partial charge in [-0.25, -0.2) is 4.79 Å². The van der Waals surface area contributed by atoms with E-state index in [0.717, 1.165) is 37.7 Å². The van der Waals surface area contributed by atoms with Gasteiger partial charge in [-0.1, -0.05) is 82.0 Å². The molecule has 258 valence electrons. The molecule has 0 aliphatic rings. The topological polar surface area (TPSA) is 134 Å². The second-order valence-electron chi connectivity index (χ2n) is 12.5. The number of rotatable bonds is 19. The van der Waals surface area contributed by atoms with Gasteiger partial charge in [0.2, 0.25) is 11.8 Å². The molecule has 2 aromatic carbocycles. The van der Waals surface area contributed by atoms with Crippen LogP contribution in [0.25, 0.3) is 6.08 Å². The molecule has 0 radical (unpaired) electrons. The van der Waals surface area contributed by atoms with Gasteiger partial charge in [0.1, 0.15) is 23.4 Å². The third kappa shape index (κ3) is 14.3. The molecule has 0 saturated carbocycles. The van der Waals surface area contributed by atoms with Crippen LogP contribution in [-0.2, 0) is 30.3 Å². The van der Waals surface area contributed by atoms with Gasteiger partial charge in [-0.05, 0) is 69.0 Å². The second kappa shape index (κ2) is 20.0. The SMILES string of the molecule is C=Cc1cccc(C(C(=O)NCCC(=O)OCC)N(CCCCCCCC)C(=O)C(Cc2ccc(O)cc2)NC(=O)OC(C)(C)C)c1. The molecule has 2 aromatic rings. The van der Waals surface area contributed by atoms with E-state index in [1.807, 2.05) is 6.07 Å². The third-order valence-electron chi connectivity index (χ3n) is 7.36. The van der Waals surface area contributed by atoms with Gasteiger partial charge < -0.3 is 30.1 Å². The highest BCUT2D eigenvalue weighted by Gasteiger charge is 2.36. The van der Waals surface area contributed by atoms with Crippen LogP contribution in [0, 0.1) is 0 Å². The molecule has 0 aliphatic carbocycles. The summed E-state index contributed by atoms with van der Waals surface area (Å²) in [6, 6.07) is 11.5. The van der Waals surface area contributed by atoms with E-state index >= 15 is 0 Å². The molecular formula is C37H53N3O7. The number of amides is 3. The van der Waals surface area contributed by atoms with Crippen molar-refractivity contribution < 1.29 is 33.8 Å². The van der Waals surface area contributed by atoms with E-state index in [1.54, 1.807) is 64.1 Å². The number of phenolic OH excluding ortho intramolecular Hbond substituents is 1. The standard InChI is InChI=1S/C37H53N3O7/c1-7-10-11-12-13-14-24-40(33(29-17-15-16-27(8-2)25-29)34(43)38-23-22-32(42)46-9-3)35(44)31(39-36(45)47-37(4,5)6)26-28-18-20-30(41)21-19-28/h8,15-21,25,31,33,41H,2,7,9-14,22-24,26H2,1,3-6H3,(H,38,43)(H,39,45). The van der Waals surface area contributed by atoms with Crippen LogP contribution in [0.15, 0.2) is 55.1 Å². The zero-order valence-electron chi connectivity index (χ0n) is 28.7. The first-order chi connectivity index (χ1) is 22.4. The predicted octanol–water partition coefficient (Wildman–Crippen LogP) is 6.47. The first-order valence-corrected chi connectivity index (χ1v) is 16.6. The monoisotopic (exact) mass is 651 g/mol. The maximum atomic E-state index is 14.7. The molecule has 2 atom stereocenters. The van der Waals surface area contributed by atoms with Gasteiger partial charge in [0.15, 0.2) is 0 Å². The third-order valence-corrected chi connectivity index (χ3v) is 7.36. The van der Waals surface area contributed by atoms with E-state index in [4.69, 9.17) is 9.47 Å². The lowest BCUT2D eigenvalue weighted by Gasteiger charge is -2.35. The van der Waals surface area contributed by atoms with Crippen molar-refractivity contribution in [1.29, 1.82) is 0 Å².